The molecule has 0 fully saturated rings. The first-order chi connectivity index (χ1) is 14.0. The maximum absolute atomic E-state index is 13.1. The van der Waals surface area contributed by atoms with Crippen LogP contribution in [0, 0.1) is 6.92 Å². The van der Waals surface area contributed by atoms with E-state index in [-0.39, 0.29) is 17.2 Å². The van der Waals surface area contributed by atoms with Gasteiger partial charge >= 0.3 is 0 Å². The number of anilines is 1. The lowest BCUT2D eigenvalue weighted by molar-refractivity contribution is -0.113. The number of rotatable bonds is 5. The number of fused-ring (bicyclic) bond motifs is 1. The summed E-state index contributed by atoms with van der Waals surface area (Å²) in [6, 6.07) is 18.0. The van der Waals surface area contributed by atoms with Crippen LogP contribution in [0.5, 0.6) is 0 Å². The van der Waals surface area contributed by atoms with Crippen molar-refractivity contribution in [3.05, 3.63) is 81.7 Å². The first-order valence-corrected chi connectivity index (χ1v) is 10.2. The molecule has 0 spiro atoms. The molecule has 29 heavy (non-hydrogen) atoms. The van der Waals surface area contributed by atoms with Crippen molar-refractivity contribution in [3.63, 3.8) is 0 Å². The van der Waals surface area contributed by atoms with E-state index >= 15 is 0 Å². The topological polar surface area (TPSA) is 79.8 Å². The summed E-state index contributed by atoms with van der Waals surface area (Å²) >= 11 is 7.16. The maximum atomic E-state index is 13.1. The zero-order chi connectivity index (χ0) is 20.4. The summed E-state index contributed by atoms with van der Waals surface area (Å²) in [6.45, 7) is 1.87. The van der Waals surface area contributed by atoms with Crippen molar-refractivity contribution in [1.82, 2.24) is 14.5 Å². The number of para-hydroxylation sites is 1. The van der Waals surface area contributed by atoms with E-state index in [1.165, 1.54) is 16.3 Å². The molecule has 4 aromatic rings. The van der Waals surface area contributed by atoms with Crippen molar-refractivity contribution >= 4 is 46.0 Å². The molecule has 2 aromatic heterocycles. The Hall–Kier alpha value is -3.03. The summed E-state index contributed by atoms with van der Waals surface area (Å²) in [6.07, 6.45) is 0. The number of carbonyl (C=O) groups excluding carboxylic acids is 1. The quantitative estimate of drug-likeness (QED) is 0.367. The second-order valence-electron chi connectivity index (χ2n) is 6.43. The Labute approximate surface area is 175 Å². The number of nitrogens with zero attached hydrogens (tertiary/aromatic N) is 2. The summed E-state index contributed by atoms with van der Waals surface area (Å²) in [5.41, 5.74) is 2.98. The number of aromatic nitrogens is 3. The molecule has 2 N–H and O–H groups in total. The molecule has 0 aliphatic heterocycles. The Balaban J connectivity index is 1.65. The van der Waals surface area contributed by atoms with Gasteiger partial charge in [0.05, 0.1) is 17.0 Å². The van der Waals surface area contributed by atoms with E-state index in [4.69, 9.17) is 11.6 Å². The first-order valence-electron chi connectivity index (χ1n) is 8.87. The van der Waals surface area contributed by atoms with Gasteiger partial charge in [-0.15, -0.1) is 0 Å². The van der Waals surface area contributed by atoms with E-state index < -0.39 is 0 Å². The third-order valence-corrected chi connectivity index (χ3v) is 5.38. The highest BCUT2D eigenvalue weighted by atomic mass is 35.5. The van der Waals surface area contributed by atoms with E-state index in [9.17, 15) is 9.59 Å². The molecule has 2 aromatic carbocycles. The summed E-state index contributed by atoms with van der Waals surface area (Å²) in [5.74, 6) is -0.114. The second kappa shape index (κ2) is 8.14. The first kappa shape index (κ1) is 19.3. The maximum Gasteiger partial charge on any atom is 0.283 e. The number of halogens is 1. The van der Waals surface area contributed by atoms with Crippen molar-refractivity contribution in [2.75, 3.05) is 11.1 Å². The molecule has 0 bridgehead atoms. The molecule has 0 saturated heterocycles. The second-order valence-corrected chi connectivity index (χ2v) is 7.81. The number of hydrogen-bond donors (Lipinski definition) is 2. The van der Waals surface area contributed by atoms with Crippen LogP contribution in [0.1, 0.15) is 5.69 Å². The average molecular weight is 425 g/mol. The van der Waals surface area contributed by atoms with Crippen molar-refractivity contribution in [2.24, 2.45) is 0 Å². The number of benzene rings is 2. The normalized spacial score (nSPS) is 11.0. The number of hydrogen-bond acceptors (Lipinski definition) is 4. The lowest BCUT2D eigenvalue weighted by atomic mass is 10.3. The van der Waals surface area contributed by atoms with Gasteiger partial charge in [0.2, 0.25) is 5.91 Å². The molecule has 4 rings (SSSR count). The molecule has 0 atom stereocenters. The van der Waals surface area contributed by atoms with Crippen molar-refractivity contribution < 1.29 is 4.79 Å². The lowest BCUT2D eigenvalue weighted by Gasteiger charge is -2.12. The Morgan fingerprint density at radius 1 is 1.17 bits per heavy atom. The van der Waals surface area contributed by atoms with Crippen LogP contribution in [-0.4, -0.2) is 26.2 Å². The summed E-state index contributed by atoms with van der Waals surface area (Å²) in [7, 11) is 0. The Morgan fingerprint density at radius 3 is 2.72 bits per heavy atom. The fraction of sp³-hybridized carbons (Fsp3) is 0.0952. The molecule has 0 radical (unpaired) electrons. The third-order valence-electron chi connectivity index (χ3n) is 4.21. The van der Waals surface area contributed by atoms with Crippen molar-refractivity contribution in [1.29, 1.82) is 0 Å². The predicted octanol–water partition coefficient (Wildman–Crippen LogP) is 4.41. The number of carbonyl (C=O) groups is 1. The summed E-state index contributed by atoms with van der Waals surface area (Å²) in [4.78, 5) is 33.2. The van der Waals surface area contributed by atoms with Crippen LogP contribution in [0.2, 0.25) is 5.02 Å². The zero-order valence-electron chi connectivity index (χ0n) is 15.5. The number of thioether (sulfide) groups is 1. The van der Waals surface area contributed by atoms with E-state index in [0.717, 1.165) is 5.69 Å². The number of aromatic amines is 1. The molecule has 0 saturated carbocycles. The van der Waals surface area contributed by atoms with Gasteiger partial charge < -0.3 is 10.3 Å². The minimum Gasteiger partial charge on any atom is -0.353 e. The zero-order valence-corrected chi connectivity index (χ0v) is 17.1. The van der Waals surface area contributed by atoms with Gasteiger partial charge in [-0.2, -0.15) is 0 Å². The third kappa shape index (κ3) is 4.21. The smallest absolute Gasteiger partial charge is 0.283 e. The van der Waals surface area contributed by atoms with Gasteiger partial charge in [-0.3, -0.25) is 14.2 Å². The Morgan fingerprint density at radius 2 is 1.97 bits per heavy atom. The Bertz CT molecular complexity index is 1250. The van der Waals surface area contributed by atoms with Crippen LogP contribution in [-0.2, 0) is 4.79 Å². The largest absolute Gasteiger partial charge is 0.353 e. The molecule has 0 unspecified atom stereocenters. The molecule has 2 heterocycles. The highest BCUT2D eigenvalue weighted by Crippen LogP contribution is 2.22. The molecule has 146 valence electrons. The minimum absolute atomic E-state index is 0.0979. The van der Waals surface area contributed by atoms with E-state index in [0.29, 0.717) is 32.6 Å². The molecule has 0 aliphatic carbocycles. The van der Waals surface area contributed by atoms with Gasteiger partial charge in [0, 0.05) is 16.4 Å². The van der Waals surface area contributed by atoms with Crippen LogP contribution in [0.25, 0.3) is 16.7 Å². The van der Waals surface area contributed by atoms with Gasteiger partial charge in [0.1, 0.15) is 5.52 Å². The Kier molecular flexibility index (Phi) is 5.42. The van der Waals surface area contributed by atoms with E-state index in [2.05, 4.69) is 15.3 Å². The van der Waals surface area contributed by atoms with Crippen LogP contribution < -0.4 is 10.9 Å². The van der Waals surface area contributed by atoms with Gasteiger partial charge in [0.15, 0.2) is 5.16 Å². The standard InChI is InChI=1S/C21H17ClN4O2S/c1-13-10-17-19(23-13)20(28)26(16-8-3-2-4-9-16)21(25-17)29-12-18(27)24-15-7-5-6-14(22)11-15/h2-11,23H,12H2,1H3,(H,24,27). The van der Waals surface area contributed by atoms with Gasteiger partial charge in [0.25, 0.3) is 5.56 Å². The summed E-state index contributed by atoms with van der Waals surface area (Å²) < 4.78 is 1.52. The van der Waals surface area contributed by atoms with Gasteiger partial charge in [-0.05, 0) is 43.3 Å². The van der Waals surface area contributed by atoms with Crippen molar-refractivity contribution in [3.8, 4) is 5.69 Å². The average Bonchev–Trinajstić information content (AvgIpc) is 3.08. The predicted molar refractivity (Wildman–Crippen MR) is 117 cm³/mol. The summed E-state index contributed by atoms with van der Waals surface area (Å²) in [5, 5.41) is 3.80. The highest BCUT2D eigenvalue weighted by molar-refractivity contribution is 7.99. The molecular weight excluding hydrogens is 408 g/mol. The lowest BCUT2D eigenvalue weighted by Crippen LogP contribution is -2.23. The van der Waals surface area contributed by atoms with Gasteiger partial charge in [-0.25, -0.2) is 4.98 Å². The van der Waals surface area contributed by atoms with Crippen molar-refractivity contribution in [2.45, 2.75) is 12.1 Å². The molecule has 6 nitrogen and oxygen atoms in total. The molecular formula is C21H17ClN4O2S. The fourth-order valence-corrected chi connectivity index (χ4v) is 3.98. The van der Waals surface area contributed by atoms with Gasteiger partial charge in [-0.1, -0.05) is 47.6 Å². The van der Waals surface area contributed by atoms with E-state index in [1.807, 2.05) is 43.3 Å². The van der Waals surface area contributed by atoms with Crippen LogP contribution in [0.4, 0.5) is 5.69 Å². The number of H-pyrrole nitrogens is 1. The van der Waals surface area contributed by atoms with Crippen LogP contribution >= 0.6 is 23.4 Å². The SMILES string of the molecule is Cc1cc2nc(SCC(=O)Nc3cccc(Cl)c3)n(-c3ccccc3)c(=O)c2[nH]1. The highest BCUT2D eigenvalue weighted by Gasteiger charge is 2.16. The number of nitrogens with one attached hydrogen (secondary N) is 2. The molecule has 0 aliphatic rings. The van der Waals surface area contributed by atoms with Crippen LogP contribution in [0.15, 0.2) is 70.6 Å². The number of amides is 1. The van der Waals surface area contributed by atoms with Crippen LogP contribution in [0.3, 0.4) is 0 Å². The molecule has 1 amide bonds. The number of aryl methyl sites for hydroxylation is 1. The van der Waals surface area contributed by atoms with E-state index in [1.54, 1.807) is 24.3 Å². The monoisotopic (exact) mass is 424 g/mol. The fourth-order valence-electron chi connectivity index (χ4n) is 2.97. The minimum atomic E-state index is -0.212. The molecule has 8 heteroatoms.